The molecule has 1 aliphatic rings. The number of rotatable bonds is 4. The molecule has 110 valence electrons. The number of aromatic nitrogens is 2. The third-order valence-electron chi connectivity index (χ3n) is 3.77. The van der Waals surface area contributed by atoms with Gasteiger partial charge < -0.3 is 0 Å². The second kappa shape index (κ2) is 6.98. The Morgan fingerprint density at radius 2 is 1.52 bits per heavy atom. The molecule has 0 N–H and O–H groups in total. The quantitative estimate of drug-likeness (QED) is 0.868. The molecule has 0 saturated carbocycles. The van der Waals surface area contributed by atoms with Gasteiger partial charge in [-0.3, -0.25) is 14.8 Å². The molecule has 1 aromatic carbocycles. The Bertz CT molecular complexity index is 550. The van der Waals surface area contributed by atoms with Crippen molar-refractivity contribution in [2.75, 3.05) is 26.2 Å². The lowest BCUT2D eigenvalue weighted by Gasteiger charge is -2.34. The van der Waals surface area contributed by atoms with E-state index in [-0.39, 0.29) is 0 Å². The molecule has 1 aromatic heterocycles. The van der Waals surface area contributed by atoms with Gasteiger partial charge in [-0.2, -0.15) is 0 Å². The van der Waals surface area contributed by atoms with Gasteiger partial charge in [0.1, 0.15) is 5.15 Å². The number of hydrogen-bond acceptors (Lipinski definition) is 4. The average molecular weight is 303 g/mol. The first-order valence-electron chi connectivity index (χ1n) is 7.25. The Morgan fingerprint density at radius 1 is 0.857 bits per heavy atom. The number of nitrogens with zero attached hydrogens (tertiary/aromatic N) is 4. The van der Waals surface area contributed by atoms with Gasteiger partial charge in [-0.15, -0.1) is 0 Å². The standard InChI is InChI=1S/C16H19ClN4/c17-16-11-18-15(10-19-16)13-21-8-6-20(7-9-21)12-14-4-2-1-3-5-14/h1-5,10-11H,6-9,12-13H2. The van der Waals surface area contributed by atoms with Crippen LogP contribution in [0.4, 0.5) is 0 Å². The van der Waals surface area contributed by atoms with Crippen molar-refractivity contribution in [1.82, 2.24) is 19.8 Å². The highest BCUT2D eigenvalue weighted by Crippen LogP contribution is 2.10. The van der Waals surface area contributed by atoms with Crippen LogP contribution in [0.1, 0.15) is 11.3 Å². The fourth-order valence-corrected chi connectivity index (χ4v) is 2.69. The molecule has 1 saturated heterocycles. The summed E-state index contributed by atoms with van der Waals surface area (Å²) in [7, 11) is 0. The van der Waals surface area contributed by atoms with Crippen molar-refractivity contribution in [3.8, 4) is 0 Å². The van der Waals surface area contributed by atoms with Gasteiger partial charge in [-0.25, -0.2) is 4.98 Å². The summed E-state index contributed by atoms with van der Waals surface area (Å²) in [5, 5.41) is 0.450. The third kappa shape index (κ3) is 4.24. The Morgan fingerprint density at radius 3 is 2.14 bits per heavy atom. The van der Waals surface area contributed by atoms with Crippen LogP contribution < -0.4 is 0 Å². The summed E-state index contributed by atoms with van der Waals surface area (Å²) in [6, 6.07) is 10.6. The minimum Gasteiger partial charge on any atom is -0.297 e. The highest BCUT2D eigenvalue weighted by molar-refractivity contribution is 6.29. The molecule has 0 atom stereocenters. The summed E-state index contributed by atoms with van der Waals surface area (Å²) in [5.74, 6) is 0. The Hall–Kier alpha value is -1.49. The lowest BCUT2D eigenvalue weighted by Crippen LogP contribution is -2.45. The minimum absolute atomic E-state index is 0.450. The van der Waals surface area contributed by atoms with E-state index in [1.807, 2.05) is 0 Å². The first-order valence-corrected chi connectivity index (χ1v) is 7.62. The second-order valence-electron chi connectivity index (χ2n) is 5.37. The van der Waals surface area contributed by atoms with E-state index in [1.54, 1.807) is 12.4 Å². The molecule has 0 spiro atoms. The summed E-state index contributed by atoms with van der Waals surface area (Å²) in [5.41, 5.74) is 2.37. The topological polar surface area (TPSA) is 32.3 Å². The highest BCUT2D eigenvalue weighted by Gasteiger charge is 2.17. The largest absolute Gasteiger partial charge is 0.297 e. The maximum Gasteiger partial charge on any atom is 0.147 e. The molecule has 1 fully saturated rings. The normalized spacial score (nSPS) is 17.0. The number of benzene rings is 1. The fourth-order valence-electron chi connectivity index (χ4n) is 2.60. The number of piperazine rings is 1. The van der Waals surface area contributed by atoms with Crippen LogP contribution in [0.15, 0.2) is 42.7 Å². The predicted octanol–water partition coefficient (Wildman–Crippen LogP) is 2.45. The number of halogens is 1. The Kier molecular flexibility index (Phi) is 4.80. The smallest absolute Gasteiger partial charge is 0.147 e. The van der Waals surface area contributed by atoms with Crippen LogP contribution in [0.2, 0.25) is 5.15 Å². The van der Waals surface area contributed by atoms with E-state index in [0.717, 1.165) is 45.0 Å². The van der Waals surface area contributed by atoms with E-state index in [4.69, 9.17) is 11.6 Å². The van der Waals surface area contributed by atoms with Crippen LogP contribution in [0.25, 0.3) is 0 Å². The summed E-state index contributed by atoms with van der Waals surface area (Å²) >= 11 is 5.76. The van der Waals surface area contributed by atoms with Crippen LogP contribution in [0, 0.1) is 0 Å². The summed E-state index contributed by atoms with van der Waals surface area (Å²) in [6.07, 6.45) is 3.38. The van der Waals surface area contributed by atoms with Crippen LogP contribution in [-0.4, -0.2) is 45.9 Å². The molecule has 0 aliphatic carbocycles. The van der Waals surface area contributed by atoms with E-state index in [1.165, 1.54) is 5.56 Å². The molecule has 21 heavy (non-hydrogen) atoms. The minimum atomic E-state index is 0.450. The van der Waals surface area contributed by atoms with Crippen molar-refractivity contribution >= 4 is 11.6 Å². The van der Waals surface area contributed by atoms with Gasteiger partial charge in [-0.05, 0) is 5.56 Å². The monoisotopic (exact) mass is 302 g/mol. The van der Waals surface area contributed by atoms with Crippen molar-refractivity contribution in [1.29, 1.82) is 0 Å². The Labute approximate surface area is 130 Å². The SMILES string of the molecule is Clc1cnc(CN2CCN(Cc3ccccc3)CC2)cn1. The number of hydrogen-bond donors (Lipinski definition) is 0. The van der Waals surface area contributed by atoms with Crippen molar-refractivity contribution in [2.45, 2.75) is 13.1 Å². The molecule has 0 amide bonds. The zero-order valence-corrected chi connectivity index (χ0v) is 12.7. The maximum atomic E-state index is 5.76. The van der Waals surface area contributed by atoms with E-state index >= 15 is 0 Å². The summed E-state index contributed by atoms with van der Waals surface area (Å²) in [6.45, 7) is 6.21. The predicted molar refractivity (Wildman–Crippen MR) is 84.0 cm³/mol. The first-order chi connectivity index (χ1) is 10.3. The summed E-state index contributed by atoms with van der Waals surface area (Å²) < 4.78 is 0. The molecular formula is C16H19ClN4. The van der Waals surface area contributed by atoms with Gasteiger partial charge in [0.2, 0.25) is 0 Å². The van der Waals surface area contributed by atoms with Gasteiger partial charge in [0.05, 0.1) is 18.1 Å². The van der Waals surface area contributed by atoms with Crippen LogP contribution >= 0.6 is 11.6 Å². The van der Waals surface area contributed by atoms with Crippen molar-refractivity contribution in [2.24, 2.45) is 0 Å². The lowest BCUT2D eigenvalue weighted by molar-refractivity contribution is 0.121. The molecule has 4 nitrogen and oxygen atoms in total. The van der Waals surface area contributed by atoms with Crippen LogP contribution in [0.3, 0.4) is 0 Å². The molecule has 0 unspecified atom stereocenters. The van der Waals surface area contributed by atoms with Crippen LogP contribution in [-0.2, 0) is 13.1 Å². The highest BCUT2D eigenvalue weighted by atomic mass is 35.5. The molecular weight excluding hydrogens is 284 g/mol. The van der Waals surface area contributed by atoms with Gasteiger partial charge in [-0.1, -0.05) is 41.9 Å². The zero-order valence-electron chi connectivity index (χ0n) is 12.0. The zero-order chi connectivity index (χ0) is 14.5. The molecule has 0 radical (unpaired) electrons. The third-order valence-corrected chi connectivity index (χ3v) is 3.97. The van der Waals surface area contributed by atoms with E-state index in [0.29, 0.717) is 5.15 Å². The van der Waals surface area contributed by atoms with E-state index < -0.39 is 0 Å². The second-order valence-corrected chi connectivity index (χ2v) is 5.76. The van der Waals surface area contributed by atoms with Gasteiger partial charge in [0.25, 0.3) is 0 Å². The first kappa shape index (κ1) is 14.4. The molecule has 1 aliphatic heterocycles. The molecule has 3 rings (SSSR count). The van der Waals surface area contributed by atoms with E-state index in [9.17, 15) is 0 Å². The van der Waals surface area contributed by atoms with E-state index in [2.05, 4.69) is 50.1 Å². The van der Waals surface area contributed by atoms with Gasteiger partial charge in [0, 0.05) is 39.3 Å². The lowest BCUT2D eigenvalue weighted by atomic mass is 10.2. The van der Waals surface area contributed by atoms with Gasteiger partial charge >= 0.3 is 0 Å². The van der Waals surface area contributed by atoms with Crippen molar-refractivity contribution in [3.63, 3.8) is 0 Å². The van der Waals surface area contributed by atoms with Crippen molar-refractivity contribution in [3.05, 3.63) is 59.1 Å². The Balaban J connectivity index is 1.47. The average Bonchev–Trinajstić information content (AvgIpc) is 2.53. The van der Waals surface area contributed by atoms with Crippen molar-refractivity contribution < 1.29 is 0 Å². The maximum absolute atomic E-state index is 5.76. The molecule has 2 aromatic rings. The molecule has 0 bridgehead atoms. The van der Waals surface area contributed by atoms with Gasteiger partial charge in [0.15, 0.2) is 0 Å². The molecule has 2 heterocycles. The summed E-state index contributed by atoms with van der Waals surface area (Å²) in [4.78, 5) is 13.3. The van der Waals surface area contributed by atoms with Crippen LogP contribution in [0.5, 0.6) is 0 Å². The fraction of sp³-hybridized carbons (Fsp3) is 0.375. The molecule has 5 heteroatoms.